The van der Waals surface area contributed by atoms with Crippen molar-refractivity contribution >= 4 is 92.1 Å². The van der Waals surface area contributed by atoms with Crippen molar-refractivity contribution in [3.8, 4) is 22.3 Å². The Morgan fingerprint density at radius 1 is 0.377 bits per heavy atom. The highest BCUT2D eigenvalue weighted by atomic mass is 32.1. The topological polar surface area (TPSA) is 16.4 Å². The first-order valence-electron chi connectivity index (χ1n) is 18.0. The molecule has 2 nitrogen and oxygen atoms in total. The highest BCUT2D eigenvalue weighted by molar-refractivity contribution is 7.26. The lowest BCUT2D eigenvalue weighted by Gasteiger charge is -2.29. The molecule has 0 aliphatic carbocycles. The summed E-state index contributed by atoms with van der Waals surface area (Å²) < 4.78 is 9.23. The number of rotatable bonds is 5. The minimum atomic E-state index is 0.889. The monoisotopic (exact) mass is 693 g/mol. The molecule has 0 amide bonds. The van der Waals surface area contributed by atoms with Crippen LogP contribution in [0.2, 0.25) is 0 Å². The first-order valence-corrected chi connectivity index (χ1v) is 18.8. The van der Waals surface area contributed by atoms with Crippen LogP contribution in [0.1, 0.15) is 0 Å². The lowest BCUT2D eigenvalue weighted by Crippen LogP contribution is -2.11. The molecule has 3 heteroatoms. The van der Waals surface area contributed by atoms with Crippen LogP contribution in [-0.2, 0) is 0 Å². The third kappa shape index (κ3) is 4.71. The van der Waals surface area contributed by atoms with Gasteiger partial charge in [0.2, 0.25) is 0 Å². The van der Waals surface area contributed by atoms with Crippen molar-refractivity contribution < 1.29 is 4.42 Å². The van der Waals surface area contributed by atoms with Crippen molar-refractivity contribution in [2.75, 3.05) is 4.90 Å². The second-order valence-electron chi connectivity index (χ2n) is 13.6. The zero-order valence-corrected chi connectivity index (χ0v) is 29.5. The molecule has 0 fully saturated rings. The van der Waals surface area contributed by atoms with Crippen molar-refractivity contribution in [2.45, 2.75) is 0 Å². The van der Waals surface area contributed by atoms with E-state index >= 15 is 0 Å². The molecule has 0 N–H and O–H groups in total. The van der Waals surface area contributed by atoms with Crippen LogP contribution in [0.15, 0.2) is 192 Å². The summed E-state index contributed by atoms with van der Waals surface area (Å²) in [5.74, 6) is 0. The van der Waals surface area contributed by atoms with Crippen molar-refractivity contribution in [3.05, 3.63) is 188 Å². The Kier molecular flexibility index (Phi) is 6.76. The Morgan fingerprint density at radius 3 is 1.89 bits per heavy atom. The Balaban J connectivity index is 1.17. The summed E-state index contributed by atoms with van der Waals surface area (Å²) in [5, 5.41) is 9.60. The fourth-order valence-corrected chi connectivity index (χ4v) is 9.42. The Morgan fingerprint density at radius 2 is 1.00 bits per heavy atom. The molecule has 11 rings (SSSR count). The van der Waals surface area contributed by atoms with E-state index in [2.05, 4.69) is 193 Å². The highest BCUT2D eigenvalue weighted by Crippen LogP contribution is 2.49. The molecule has 0 radical (unpaired) electrons. The number of benzene rings is 9. The average Bonchev–Trinajstić information content (AvgIpc) is 3.81. The van der Waals surface area contributed by atoms with Gasteiger partial charge in [0, 0.05) is 47.6 Å². The van der Waals surface area contributed by atoms with Gasteiger partial charge in [0.05, 0.1) is 11.4 Å². The summed E-state index contributed by atoms with van der Waals surface area (Å²) in [7, 11) is 0. The van der Waals surface area contributed by atoms with Crippen LogP contribution in [0.5, 0.6) is 0 Å². The van der Waals surface area contributed by atoms with E-state index in [1.807, 2.05) is 11.3 Å². The van der Waals surface area contributed by atoms with E-state index in [4.69, 9.17) is 4.42 Å². The summed E-state index contributed by atoms with van der Waals surface area (Å²) in [6, 6.07) is 68.0. The summed E-state index contributed by atoms with van der Waals surface area (Å²) >= 11 is 1.85. The Bertz CT molecular complexity index is 3180. The minimum absolute atomic E-state index is 0.889. The van der Waals surface area contributed by atoms with Crippen LogP contribution < -0.4 is 4.90 Å². The number of fused-ring (bicyclic) bond motifs is 9. The fraction of sp³-hybridized carbons (Fsp3) is 0. The van der Waals surface area contributed by atoms with Crippen molar-refractivity contribution in [1.82, 2.24) is 0 Å². The van der Waals surface area contributed by atoms with Crippen LogP contribution in [0.3, 0.4) is 0 Å². The third-order valence-electron chi connectivity index (χ3n) is 10.7. The molecule has 2 aromatic heterocycles. The normalized spacial score (nSPS) is 11.8. The third-order valence-corrected chi connectivity index (χ3v) is 11.8. The molecule has 248 valence electrons. The van der Waals surface area contributed by atoms with Gasteiger partial charge in [0.25, 0.3) is 0 Å². The molecule has 0 unspecified atom stereocenters. The molecule has 11 aromatic rings. The molecule has 2 heterocycles. The van der Waals surface area contributed by atoms with Gasteiger partial charge < -0.3 is 9.32 Å². The van der Waals surface area contributed by atoms with Gasteiger partial charge >= 0.3 is 0 Å². The molecule has 9 aromatic carbocycles. The van der Waals surface area contributed by atoms with Crippen LogP contribution in [-0.4, -0.2) is 0 Å². The average molecular weight is 694 g/mol. The number of hydrogen-bond acceptors (Lipinski definition) is 3. The van der Waals surface area contributed by atoms with Crippen molar-refractivity contribution in [2.24, 2.45) is 0 Å². The fourth-order valence-electron chi connectivity index (χ4n) is 8.29. The van der Waals surface area contributed by atoms with Crippen LogP contribution >= 0.6 is 11.3 Å². The van der Waals surface area contributed by atoms with Gasteiger partial charge in [-0.15, -0.1) is 11.3 Å². The smallest absolute Gasteiger partial charge is 0.143 e. The maximum absolute atomic E-state index is 6.67. The zero-order chi connectivity index (χ0) is 34.9. The first-order chi connectivity index (χ1) is 26.3. The second-order valence-corrected chi connectivity index (χ2v) is 14.7. The van der Waals surface area contributed by atoms with Crippen LogP contribution in [0, 0.1) is 0 Å². The van der Waals surface area contributed by atoms with E-state index in [1.165, 1.54) is 47.5 Å². The molecule has 0 saturated heterocycles. The van der Waals surface area contributed by atoms with Crippen LogP contribution in [0.4, 0.5) is 17.1 Å². The SMILES string of the molecule is c1ccc(N(c2ccc(-c3cccc4ccccc34)cc2)c2cccc3sc4ccccc4c23)c(-c2cccc3oc4c5ccccc5ccc4c23)c1. The van der Waals surface area contributed by atoms with Gasteiger partial charge in [-0.25, -0.2) is 0 Å². The highest BCUT2D eigenvalue weighted by Gasteiger charge is 2.23. The molecule has 0 saturated carbocycles. The maximum Gasteiger partial charge on any atom is 0.143 e. The number of furan rings is 1. The summed E-state index contributed by atoms with van der Waals surface area (Å²) in [6.07, 6.45) is 0. The summed E-state index contributed by atoms with van der Waals surface area (Å²) in [6.45, 7) is 0. The summed E-state index contributed by atoms with van der Waals surface area (Å²) in [4.78, 5) is 2.46. The molecular weight excluding hydrogens is 663 g/mol. The van der Waals surface area contributed by atoms with E-state index in [1.54, 1.807) is 0 Å². The number of anilines is 3. The number of nitrogens with zero attached hydrogens (tertiary/aromatic N) is 1. The Labute approximate surface area is 310 Å². The van der Waals surface area contributed by atoms with Gasteiger partial charge in [-0.3, -0.25) is 0 Å². The van der Waals surface area contributed by atoms with Crippen LogP contribution in [0.25, 0.3) is 85.9 Å². The van der Waals surface area contributed by atoms with Gasteiger partial charge in [0.1, 0.15) is 11.2 Å². The van der Waals surface area contributed by atoms with Gasteiger partial charge in [-0.1, -0.05) is 140 Å². The lowest BCUT2D eigenvalue weighted by molar-refractivity contribution is 0.673. The van der Waals surface area contributed by atoms with Gasteiger partial charge in [-0.05, 0) is 81.4 Å². The second kappa shape index (κ2) is 11.9. The van der Waals surface area contributed by atoms with Crippen molar-refractivity contribution in [3.63, 3.8) is 0 Å². The molecule has 0 spiro atoms. The standard InChI is InChI=1S/C50H31NOS/c1-3-15-36-32(12-1)14-9-19-37(36)34-26-29-35(30-27-34)51(44-22-11-25-47-49(44)41-18-6-8-24-46(41)53-47)43-21-7-5-17-39(43)40-20-10-23-45-48(40)42-31-28-33-13-2-4-16-38(33)50(42)52-45/h1-31H. The molecule has 0 atom stereocenters. The van der Waals surface area contributed by atoms with E-state index in [0.717, 1.165) is 55.5 Å². The lowest BCUT2D eigenvalue weighted by atomic mass is 9.95. The van der Waals surface area contributed by atoms with Gasteiger partial charge in [0.15, 0.2) is 0 Å². The predicted octanol–water partition coefficient (Wildman–Crippen LogP) is 15.1. The minimum Gasteiger partial charge on any atom is -0.455 e. The molecule has 0 bridgehead atoms. The maximum atomic E-state index is 6.67. The van der Waals surface area contributed by atoms with E-state index in [-0.39, 0.29) is 0 Å². The molecule has 53 heavy (non-hydrogen) atoms. The zero-order valence-electron chi connectivity index (χ0n) is 28.7. The van der Waals surface area contributed by atoms with E-state index in [0.29, 0.717) is 0 Å². The predicted molar refractivity (Wildman–Crippen MR) is 227 cm³/mol. The summed E-state index contributed by atoms with van der Waals surface area (Å²) in [5.41, 5.74) is 9.89. The Hall–Kier alpha value is -6.68. The van der Waals surface area contributed by atoms with Crippen molar-refractivity contribution in [1.29, 1.82) is 0 Å². The van der Waals surface area contributed by atoms with E-state index < -0.39 is 0 Å². The largest absolute Gasteiger partial charge is 0.455 e. The molecule has 0 aliphatic rings. The van der Waals surface area contributed by atoms with Gasteiger partial charge in [-0.2, -0.15) is 0 Å². The molecule has 0 aliphatic heterocycles. The number of thiophene rings is 1. The molecular formula is C50H31NOS. The quantitative estimate of drug-likeness (QED) is 0.178. The number of hydrogen-bond donors (Lipinski definition) is 0. The number of para-hydroxylation sites is 1. The van der Waals surface area contributed by atoms with E-state index in [9.17, 15) is 0 Å². The first kappa shape index (κ1) is 30.0.